The molecule has 2 aromatic rings. The van der Waals surface area contributed by atoms with E-state index in [0.29, 0.717) is 49.3 Å². The zero-order valence-corrected chi connectivity index (χ0v) is 21.3. The van der Waals surface area contributed by atoms with Crippen molar-refractivity contribution in [3.05, 3.63) is 30.0 Å². The van der Waals surface area contributed by atoms with E-state index in [1.807, 2.05) is 37.2 Å². The van der Waals surface area contributed by atoms with E-state index in [1.165, 1.54) is 0 Å². The first kappa shape index (κ1) is 24.7. The second kappa shape index (κ2) is 10.2. The van der Waals surface area contributed by atoms with E-state index >= 15 is 0 Å². The Kier molecular flexibility index (Phi) is 7.00. The summed E-state index contributed by atoms with van der Waals surface area (Å²) in [5.41, 5.74) is 0.814. The minimum absolute atomic E-state index is 0.0232. The molecule has 1 saturated heterocycles. The van der Waals surface area contributed by atoms with Gasteiger partial charge in [-0.3, -0.25) is 15.0 Å². The summed E-state index contributed by atoms with van der Waals surface area (Å²) in [6.07, 6.45) is 6.07. The smallest absolute Gasteiger partial charge is 0.239 e. The fourth-order valence-corrected chi connectivity index (χ4v) is 5.55. The molecular formula is C26H36N6O4. The van der Waals surface area contributed by atoms with E-state index in [2.05, 4.69) is 20.5 Å². The highest BCUT2D eigenvalue weighted by atomic mass is 16.5. The molecule has 1 amide bonds. The van der Waals surface area contributed by atoms with Crippen LogP contribution in [-0.2, 0) is 11.2 Å². The fourth-order valence-electron chi connectivity index (χ4n) is 5.55. The largest absolute Gasteiger partial charge is 0.493 e. The first-order chi connectivity index (χ1) is 17.4. The maximum absolute atomic E-state index is 13.8. The van der Waals surface area contributed by atoms with Gasteiger partial charge in [0.05, 0.1) is 12.5 Å². The van der Waals surface area contributed by atoms with Crippen LogP contribution in [0.15, 0.2) is 24.4 Å². The van der Waals surface area contributed by atoms with Crippen LogP contribution in [0.4, 0.5) is 17.5 Å². The van der Waals surface area contributed by atoms with E-state index in [-0.39, 0.29) is 11.9 Å². The Morgan fingerprint density at radius 1 is 1.28 bits per heavy atom. The van der Waals surface area contributed by atoms with Gasteiger partial charge < -0.3 is 24.8 Å². The second-order valence-corrected chi connectivity index (χ2v) is 10.2. The summed E-state index contributed by atoms with van der Waals surface area (Å²) in [4.78, 5) is 27.1. The number of likely N-dealkylation sites (N-methyl/N-ethyl adjacent to an activating group) is 1. The molecule has 1 unspecified atom stereocenters. The number of carbonyl (C=O) groups excluding carboxylic acids is 1. The molecule has 3 heterocycles. The van der Waals surface area contributed by atoms with Gasteiger partial charge in [0.15, 0.2) is 11.5 Å². The highest BCUT2D eigenvalue weighted by molar-refractivity contribution is 6.01. The molecule has 5 rings (SSSR count). The molecule has 1 aromatic heterocycles. The average molecular weight is 497 g/mol. The number of aliphatic hydroxyl groups is 1. The number of hydrogen-bond donors (Lipinski definition) is 3. The summed E-state index contributed by atoms with van der Waals surface area (Å²) >= 11 is 0. The lowest BCUT2D eigenvalue weighted by Crippen LogP contribution is -2.57. The lowest BCUT2D eigenvalue weighted by atomic mass is 9.75. The van der Waals surface area contributed by atoms with Gasteiger partial charge >= 0.3 is 0 Å². The van der Waals surface area contributed by atoms with Gasteiger partial charge in [0.2, 0.25) is 11.9 Å². The minimum Gasteiger partial charge on any atom is -0.493 e. The Morgan fingerprint density at radius 2 is 2.08 bits per heavy atom. The van der Waals surface area contributed by atoms with Crippen LogP contribution in [0.2, 0.25) is 0 Å². The molecule has 36 heavy (non-hydrogen) atoms. The molecule has 2 atom stereocenters. The summed E-state index contributed by atoms with van der Waals surface area (Å²) in [5, 5.41) is 17.0. The van der Waals surface area contributed by atoms with Crippen LogP contribution in [0.1, 0.15) is 37.7 Å². The summed E-state index contributed by atoms with van der Waals surface area (Å²) in [5.74, 6) is 2.33. The van der Waals surface area contributed by atoms with Gasteiger partial charge in [-0.1, -0.05) is 12.8 Å². The number of ether oxygens (including phenoxy) is 2. The van der Waals surface area contributed by atoms with Crippen molar-refractivity contribution in [3.63, 3.8) is 0 Å². The van der Waals surface area contributed by atoms with Crippen molar-refractivity contribution in [2.75, 3.05) is 51.1 Å². The van der Waals surface area contributed by atoms with Crippen molar-refractivity contribution >= 4 is 23.4 Å². The molecule has 10 heteroatoms. The van der Waals surface area contributed by atoms with Crippen LogP contribution in [0, 0.1) is 5.41 Å². The summed E-state index contributed by atoms with van der Waals surface area (Å²) in [6, 6.07) is 5.71. The van der Waals surface area contributed by atoms with Crippen molar-refractivity contribution < 1.29 is 19.4 Å². The Labute approximate surface area is 212 Å². The third-order valence-corrected chi connectivity index (χ3v) is 7.56. The van der Waals surface area contributed by atoms with Crippen LogP contribution in [0.5, 0.6) is 11.5 Å². The molecule has 194 valence electrons. The SMILES string of the molecule is COc1cc(Nc2ncc3c(n2)N(C2CCCC2)C(=O)[C@]2(CCNC2O)C3)ccc1OCCN(C)C. The maximum atomic E-state index is 13.8. The van der Waals surface area contributed by atoms with Crippen LogP contribution >= 0.6 is 0 Å². The van der Waals surface area contributed by atoms with Crippen LogP contribution in [0.25, 0.3) is 0 Å². The van der Waals surface area contributed by atoms with Crippen LogP contribution in [-0.4, -0.2) is 79.1 Å². The topological polar surface area (TPSA) is 112 Å². The molecule has 1 saturated carbocycles. The third kappa shape index (κ3) is 4.60. The number of anilines is 3. The van der Waals surface area contributed by atoms with Gasteiger partial charge in [-0.05, 0) is 58.5 Å². The van der Waals surface area contributed by atoms with Crippen molar-refractivity contribution in [1.82, 2.24) is 20.2 Å². The highest BCUT2D eigenvalue weighted by Gasteiger charge is 2.55. The summed E-state index contributed by atoms with van der Waals surface area (Å²) in [6.45, 7) is 1.98. The minimum atomic E-state index is -0.856. The Hall–Kier alpha value is -2.95. The van der Waals surface area contributed by atoms with E-state index in [1.54, 1.807) is 13.3 Å². The Balaban J connectivity index is 1.41. The first-order valence-corrected chi connectivity index (χ1v) is 12.7. The molecule has 0 radical (unpaired) electrons. The molecule has 2 aliphatic heterocycles. The van der Waals surface area contributed by atoms with Crippen molar-refractivity contribution in [2.45, 2.75) is 50.8 Å². The molecule has 1 spiro atoms. The molecule has 2 fully saturated rings. The quantitative estimate of drug-likeness (QED) is 0.507. The number of aliphatic hydroxyl groups excluding tert-OH is 1. The Bertz CT molecular complexity index is 1110. The molecular weight excluding hydrogens is 460 g/mol. The molecule has 0 bridgehead atoms. The van der Waals surface area contributed by atoms with E-state index in [4.69, 9.17) is 14.5 Å². The highest BCUT2D eigenvalue weighted by Crippen LogP contribution is 2.45. The first-order valence-electron chi connectivity index (χ1n) is 12.7. The van der Waals surface area contributed by atoms with Crippen molar-refractivity contribution in [1.29, 1.82) is 0 Å². The van der Waals surface area contributed by atoms with Gasteiger partial charge in [-0.25, -0.2) is 4.98 Å². The molecule has 1 aliphatic carbocycles. The van der Waals surface area contributed by atoms with Gasteiger partial charge in [-0.15, -0.1) is 0 Å². The zero-order chi connectivity index (χ0) is 25.3. The molecule has 1 aromatic carbocycles. The number of benzene rings is 1. The molecule has 3 aliphatic rings. The number of rotatable bonds is 8. The number of nitrogens with zero attached hydrogens (tertiary/aromatic N) is 4. The predicted molar refractivity (Wildman–Crippen MR) is 137 cm³/mol. The van der Waals surface area contributed by atoms with Crippen molar-refractivity contribution in [2.24, 2.45) is 5.41 Å². The van der Waals surface area contributed by atoms with E-state index in [0.717, 1.165) is 43.5 Å². The fraction of sp³-hybridized carbons (Fsp3) is 0.577. The lowest BCUT2D eigenvalue weighted by molar-refractivity contribution is -0.135. The third-order valence-electron chi connectivity index (χ3n) is 7.56. The van der Waals surface area contributed by atoms with Crippen LogP contribution in [0.3, 0.4) is 0 Å². The number of methoxy groups -OCH3 is 1. The average Bonchev–Trinajstić information content (AvgIpc) is 3.51. The van der Waals surface area contributed by atoms with E-state index in [9.17, 15) is 9.90 Å². The number of amides is 1. The lowest BCUT2D eigenvalue weighted by Gasteiger charge is -2.43. The van der Waals surface area contributed by atoms with Crippen molar-refractivity contribution in [3.8, 4) is 11.5 Å². The summed E-state index contributed by atoms with van der Waals surface area (Å²) < 4.78 is 11.4. The van der Waals surface area contributed by atoms with Gasteiger partial charge in [0, 0.05) is 36.1 Å². The molecule has 3 N–H and O–H groups in total. The van der Waals surface area contributed by atoms with E-state index < -0.39 is 11.6 Å². The van der Waals surface area contributed by atoms with Gasteiger partial charge in [0.25, 0.3) is 0 Å². The summed E-state index contributed by atoms with van der Waals surface area (Å²) in [7, 11) is 5.61. The number of nitrogens with one attached hydrogen (secondary N) is 2. The number of carbonyl (C=O) groups is 1. The Morgan fingerprint density at radius 3 is 2.78 bits per heavy atom. The van der Waals surface area contributed by atoms with Gasteiger partial charge in [-0.2, -0.15) is 4.98 Å². The normalized spacial score (nSPS) is 24.0. The van der Waals surface area contributed by atoms with Crippen LogP contribution < -0.4 is 25.0 Å². The van der Waals surface area contributed by atoms with Gasteiger partial charge in [0.1, 0.15) is 18.7 Å². The predicted octanol–water partition coefficient (Wildman–Crippen LogP) is 2.30. The standard InChI is InChI=1S/C26H36N6O4/c1-31(2)12-13-36-20-9-8-18(14-21(20)35-3)29-25-28-16-17-15-26(10-11-27-23(26)33)24(34)32(22(17)30-25)19-6-4-5-7-19/h8-9,14,16,19,23,27,33H,4-7,10-13,15H2,1-3H3,(H,28,29,30)/t23?,26-/m1/s1. The monoisotopic (exact) mass is 496 g/mol. The number of fused-ring (bicyclic) bond motifs is 1. The second-order valence-electron chi connectivity index (χ2n) is 10.2. The number of hydrogen-bond acceptors (Lipinski definition) is 9. The maximum Gasteiger partial charge on any atom is 0.239 e. The number of aromatic nitrogens is 2. The molecule has 10 nitrogen and oxygen atoms in total. The zero-order valence-electron chi connectivity index (χ0n) is 21.3.